The number of amides is 1. The summed E-state index contributed by atoms with van der Waals surface area (Å²) in [5.41, 5.74) is 0. The molecule has 7 atom stereocenters. The van der Waals surface area contributed by atoms with Crippen LogP contribution in [0.15, 0.2) is 12.2 Å². The standard InChI is InChI=1S/C77H151NO8/c1-3-5-7-9-11-13-15-17-19-21-23-25-27-28-29-30-31-32-33-34-35-36-37-38-39-40-41-42-43-45-47-49-51-53-55-57-59-61-63-65-67-73(81)78-70(69-85-77-76(84)75(83)74(82)72(68-79)86-77)71(80)66-64-62-60-58-56-54-52-50-48-46-44-26-24-22-20-18-16-14-12-10-8-6-4-2/h64,66,70-72,74-77,79-80,82-84H,3-63,65,67-69H2,1-2H3,(H,78,81)/b66-64+. The molecule has 0 radical (unpaired) electrons. The van der Waals surface area contributed by atoms with Gasteiger partial charge < -0.3 is 40.3 Å². The minimum absolute atomic E-state index is 0.166. The average molecular weight is 1220 g/mol. The Kier molecular flexibility index (Phi) is 64.5. The molecule has 9 heteroatoms. The summed E-state index contributed by atoms with van der Waals surface area (Å²) in [6.07, 6.45) is 80.8. The van der Waals surface area contributed by atoms with Crippen molar-refractivity contribution in [2.75, 3.05) is 13.2 Å². The Morgan fingerprint density at radius 1 is 0.384 bits per heavy atom. The molecule has 0 aromatic rings. The highest BCUT2D eigenvalue weighted by molar-refractivity contribution is 5.76. The van der Waals surface area contributed by atoms with E-state index in [1.165, 1.54) is 360 Å². The Morgan fingerprint density at radius 3 is 0.907 bits per heavy atom. The molecule has 1 aliphatic rings. The lowest BCUT2D eigenvalue weighted by Crippen LogP contribution is -2.60. The molecule has 1 aliphatic heterocycles. The molecule has 1 saturated heterocycles. The Labute approximate surface area is 535 Å². The summed E-state index contributed by atoms with van der Waals surface area (Å²) in [4.78, 5) is 13.1. The zero-order valence-corrected chi connectivity index (χ0v) is 57.6. The number of aliphatic hydroxyl groups is 5. The molecule has 0 spiro atoms. The monoisotopic (exact) mass is 1220 g/mol. The Morgan fingerprint density at radius 2 is 0.640 bits per heavy atom. The van der Waals surface area contributed by atoms with Crippen molar-refractivity contribution in [1.82, 2.24) is 5.32 Å². The number of aliphatic hydroxyl groups excluding tert-OH is 5. The molecule has 1 rings (SSSR count). The van der Waals surface area contributed by atoms with Crippen molar-refractivity contribution < 1.29 is 39.8 Å². The molecule has 9 nitrogen and oxygen atoms in total. The summed E-state index contributed by atoms with van der Waals surface area (Å²) in [6, 6.07) is -0.802. The summed E-state index contributed by atoms with van der Waals surface area (Å²) in [7, 11) is 0. The quantitative estimate of drug-likeness (QED) is 0.0261. The first-order chi connectivity index (χ1) is 42.3. The maximum Gasteiger partial charge on any atom is 0.220 e. The van der Waals surface area contributed by atoms with Gasteiger partial charge in [0.25, 0.3) is 0 Å². The van der Waals surface area contributed by atoms with Gasteiger partial charge in [0.1, 0.15) is 24.4 Å². The summed E-state index contributed by atoms with van der Waals surface area (Å²) in [6.45, 7) is 3.85. The maximum atomic E-state index is 13.1. The zero-order valence-electron chi connectivity index (χ0n) is 57.6. The first kappa shape index (κ1) is 82.9. The molecule has 512 valence electrons. The summed E-state index contributed by atoms with van der Waals surface area (Å²) >= 11 is 0. The van der Waals surface area contributed by atoms with Gasteiger partial charge >= 0.3 is 0 Å². The third-order valence-electron chi connectivity index (χ3n) is 19.1. The predicted molar refractivity (Wildman–Crippen MR) is 369 cm³/mol. The minimum atomic E-state index is -1.56. The normalized spacial score (nSPS) is 18.0. The van der Waals surface area contributed by atoms with Crippen LogP contribution >= 0.6 is 0 Å². The fourth-order valence-corrected chi connectivity index (χ4v) is 13.0. The molecule has 0 saturated carbocycles. The molecule has 0 aromatic carbocycles. The topological polar surface area (TPSA) is 149 Å². The van der Waals surface area contributed by atoms with Gasteiger partial charge in [0, 0.05) is 6.42 Å². The predicted octanol–water partition coefficient (Wildman–Crippen LogP) is 21.8. The molecule has 1 fully saturated rings. The van der Waals surface area contributed by atoms with Crippen molar-refractivity contribution in [3.8, 4) is 0 Å². The van der Waals surface area contributed by atoms with Gasteiger partial charge in [0.15, 0.2) is 6.29 Å². The van der Waals surface area contributed by atoms with E-state index in [0.29, 0.717) is 6.42 Å². The molecule has 6 N–H and O–H groups in total. The van der Waals surface area contributed by atoms with Gasteiger partial charge in [-0.1, -0.05) is 405 Å². The van der Waals surface area contributed by atoms with Gasteiger partial charge in [-0.2, -0.15) is 0 Å². The number of hydrogen-bond acceptors (Lipinski definition) is 8. The first-order valence-electron chi connectivity index (χ1n) is 38.9. The second kappa shape index (κ2) is 66.8. The van der Waals surface area contributed by atoms with Crippen LogP contribution in [0.5, 0.6) is 0 Å². The molecule has 0 aromatic heterocycles. The van der Waals surface area contributed by atoms with Crippen LogP contribution in [-0.2, 0) is 14.3 Å². The summed E-state index contributed by atoms with van der Waals surface area (Å²) < 4.78 is 11.3. The number of hydrogen-bond donors (Lipinski definition) is 6. The number of unbranched alkanes of at least 4 members (excludes halogenated alkanes) is 60. The molecular weight excluding hydrogens is 1070 g/mol. The van der Waals surface area contributed by atoms with E-state index >= 15 is 0 Å². The van der Waals surface area contributed by atoms with Crippen molar-refractivity contribution in [2.45, 2.75) is 461 Å². The van der Waals surface area contributed by atoms with Crippen LogP contribution in [0.25, 0.3) is 0 Å². The van der Waals surface area contributed by atoms with Crippen LogP contribution in [0.2, 0.25) is 0 Å². The highest BCUT2D eigenvalue weighted by Crippen LogP contribution is 2.24. The Hall–Kier alpha value is -1.07. The smallest absolute Gasteiger partial charge is 0.220 e. The first-order valence-corrected chi connectivity index (χ1v) is 38.9. The number of nitrogens with one attached hydrogen (secondary N) is 1. The van der Waals surface area contributed by atoms with E-state index < -0.39 is 49.5 Å². The second-order valence-corrected chi connectivity index (χ2v) is 27.5. The SMILES string of the molecule is CCCCCCCCCCCCCCCCCCCCCCC/C=C/C(O)C(COC1OC(CO)C(O)C(O)C1O)NC(=O)CCCCCCCCCCCCCCCCCCCCCCCCCCCCCCCCCCCCCCCCCC. The van der Waals surface area contributed by atoms with E-state index in [2.05, 4.69) is 19.2 Å². The van der Waals surface area contributed by atoms with E-state index in [1.54, 1.807) is 6.08 Å². The molecule has 7 unspecified atom stereocenters. The average Bonchev–Trinajstić information content (AvgIpc) is 2.34. The zero-order chi connectivity index (χ0) is 62.1. The van der Waals surface area contributed by atoms with Crippen molar-refractivity contribution in [3.05, 3.63) is 12.2 Å². The van der Waals surface area contributed by atoms with Crippen molar-refractivity contribution in [1.29, 1.82) is 0 Å². The van der Waals surface area contributed by atoms with Gasteiger partial charge in [0.2, 0.25) is 5.91 Å². The molecule has 0 bridgehead atoms. The number of allylic oxidation sites excluding steroid dienone is 1. The Bertz CT molecular complexity index is 1360. The summed E-state index contributed by atoms with van der Waals surface area (Å²) in [5.74, 6) is -0.166. The van der Waals surface area contributed by atoms with Crippen molar-refractivity contribution in [3.63, 3.8) is 0 Å². The lowest BCUT2D eigenvalue weighted by atomic mass is 9.99. The van der Waals surface area contributed by atoms with E-state index in [9.17, 15) is 30.3 Å². The van der Waals surface area contributed by atoms with Gasteiger partial charge in [-0.05, 0) is 19.3 Å². The molecule has 1 heterocycles. The molecular formula is C77H151NO8. The largest absolute Gasteiger partial charge is 0.394 e. The van der Waals surface area contributed by atoms with Gasteiger partial charge in [-0.15, -0.1) is 0 Å². The number of rotatable bonds is 70. The van der Waals surface area contributed by atoms with E-state index in [4.69, 9.17) is 9.47 Å². The highest BCUT2D eigenvalue weighted by Gasteiger charge is 2.44. The molecule has 0 aliphatic carbocycles. The molecule has 1 amide bonds. The third-order valence-corrected chi connectivity index (χ3v) is 19.1. The fraction of sp³-hybridized carbons (Fsp3) is 0.961. The van der Waals surface area contributed by atoms with Crippen LogP contribution in [0.3, 0.4) is 0 Å². The number of carbonyl (C=O) groups excluding carboxylic acids is 1. The minimum Gasteiger partial charge on any atom is -0.394 e. The number of carbonyl (C=O) groups is 1. The van der Waals surface area contributed by atoms with Gasteiger partial charge in [-0.25, -0.2) is 0 Å². The third kappa shape index (κ3) is 54.6. The summed E-state index contributed by atoms with van der Waals surface area (Å²) in [5, 5.41) is 54.8. The van der Waals surface area contributed by atoms with E-state index in [0.717, 1.165) is 38.5 Å². The van der Waals surface area contributed by atoms with Crippen molar-refractivity contribution >= 4 is 5.91 Å². The second-order valence-electron chi connectivity index (χ2n) is 27.5. The maximum absolute atomic E-state index is 13.1. The van der Waals surface area contributed by atoms with Gasteiger partial charge in [-0.3, -0.25) is 4.79 Å². The van der Waals surface area contributed by atoms with Crippen LogP contribution in [0, 0.1) is 0 Å². The molecule has 86 heavy (non-hydrogen) atoms. The Balaban J connectivity index is 2.03. The van der Waals surface area contributed by atoms with Crippen molar-refractivity contribution in [2.24, 2.45) is 0 Å². The lowest BCUT2D eigenvalue weighted by molar-refractivity contribution is -0.302. The fourth-order valence-electron chi connectivity index (χ4n) is 13.0. The van der Waals surface area contributed by atoms with E-state index in [-0.39, 0.29) is 12.5 Å². The van der Waals surface area contributed by atoms with Crippen LogP contribution in [0.4, 0.5) is 0 Å². The van der Waals surface area contributed by atoms with Crippen LogP contribution in [0.1, 0.15) is 418 Å². The highest BCUT2D eigenvalue weighted by atomic mass is 16.7. The lowest BCUT2D eigenvalue weighted by Gasteiger charge is -2.40. The van der Waals surface area contributed by atoms with Gasteiger partial charge in [0.05, 0.1) is 25.4 Å². The van der Waals surface area contributed by atoms with Crippen LogP contribution < -0.4 is 5.32 Å². The van der Waals surface area contributed by atoms with Crippen LogP contribution in [-0.4, -0.2) is 87.5 Å². The number of ether oxygens (including phenoxy) is 2. The van der Waals surface area contributed by atoms with E-state index in [1.807, 2.05) is 6.08 Å².